The monoisotopic (exact) mass is 670 g/mol. The van der Waals surface area contributed by atoms with Crippen molar-refractivity contribution in [2.24, 2.45) is 0 Å². The van der Waals surface area contributed by atoms with Crippen LogP contribution in [0.15, 0.2) is 191 Å². The number of rotatable bonds is 4. The van der Waals surface area contributed by atoms with Crippen LogP contribution in [0.4, 0.5) is 0 Å². The standard InChI is InChI=1S/C50H30O2/c1-2-13-31(14-3-1)35-17-4-5-18-36(35)48-39-21-8-6-19-37(39)47(38-20-7-9-22-40(38)48)34-16-12-15-32(29-34)33-25-26-42-46(30-33)52-45-28-27-44-49(50(42)45)41-23-10-11-24-43(41)51-44/h1-30H/i6D,7D,8D,9D,19D,20D,21D,22D. The minimum absolute atomic E-state index is 0.164. The summed E-state index contributed by atoms with van der Waals surface area (Å²) < 4.78 is 85.9. The molecule has 0 spiro atoms. The van der Waals surface area contributed by atoms with Crippen LogP contribution in [0.5, 0.6) is 0 Å². The average Bonchev–Trinajstić information content (AvgIpc) is 3.86. The third-order valence-corrected chi connectivity index (χ3v) is 10.1. The molecule has 0 aliphatic rings. The molecule has 0 aliphatic heterocycles. The quantitative estimate of drug-likeness (QED) is 0.174. The lowest BCUT2D eigenvalue weighted by molar-refractivity contribution is 0.663. The Kier molecular flexibility index (Phi) is 4.79. The molecular weight excluding hydrogens is 633 g/mol. The van der Waals surface area contributed by atoms with E-state index in [9.17, 15) is 5.48 Å². The summed E-state index contributed by atoms with van der Waals surface area (Å²) in [5.74, 6) is 0. The van der Waals surface area contributed by atoms with Gasteiger partial charge in [0.15, 0.2) is 0 Å². The van der Waals surface area contributed by atoms with Gasteiger partial charge in [-0.2, -0.15) is 0 Å². The van der Waals surface area contributed by atoms with Gasteiger partial charge in [-0.05, 0) is 102 Å². The summed E-state index contributed by atoms with van der Waals surface area (Å²) in [6.45, 7) is 0. The molecule has 2 aromatic heterocycles. The molecule has 0 saturated heterocycles. The van der Waals surface area contributed by atoms with E-state index in [1.54, 1.807) is 0 Å². The van der Waals surface area contributed by atoms with Gasteiger partial charge in [-0.15, -0.1) is 0 Å². The van der Waals surface area contributed by atoms with E-state index < -0.39 is 24.2 Å². The number of fused-ring (bicyclic) bond motifs is 9. The van der Waals surface area contributed by atoms with Crippen molar-refractivity contribution in [1.29, 1.82) is 0 Å². The first-order chi connectivity index (χ1) is 29.1. The summed E-state index contributed by atoms with van der Waals surface area (Å²) in [6.07, 6.45) is 0. The molecule has 242 valence electrons. The summed E-state index contributed by atoms with van der Waals surface area (Å²) in [5.41, 5.74) is 7.86. The molecule has 2 heterocycles. The van der Waals surface area contributed by atoms with Gasteiger partial charge in [0.1, 0.15) is 22.3 Å². The largest absolute Gasteiger partial charge is 0.456 e. The first kappa shape index (κ1) is 22.0. The molecular formula is C50H30O2. The van der Waals surface area contributed by atoms with E-state index in [2.05, 4.69) is 0 Å². The van der Waals surface area contributed by atoms with Crippen molar-refractivity contribution in [2.45, 2.75) is 0 Å². The van der Waals surface area contributed by atoms with Crippen LogP contribution < -0.4 is 0 Å². The third-order valence-electron chi connectivity index (χ3n) is 10.1. The summed E-state index contributed by atoms with van der Waals surface area (Å²) in [6, 6.07) is 39.4. The average molecular weight is 671 g/mol. The Morgan fingerprint density at radius 1 is 0.327 bits per heavy atom. The Morgan fingerprint density at radius 2 is 0.865 bits per heavy atom. The van der Waals surface area contributed by atoms with E-state index in [-0.39, 0.29) is 45.7 Å². The molecule has 0 aliphatic carbocycles. The molecule has 0 saturated carbocycles. The maximum Gasteiger partial charge on any atom is 0.136 e. The van der Waals surface area contributed by atoms with Gasteiger partial charge in [0.25, 0.3) is 0 Å². The van der Waals surface area contributed by atoms with E-state index >= 15 is 0 Å². The maximum absolute atomic E-state index is 9.44. The van der Waals surface area contributed by atoms with Crippen molar-refractivity contribution in [2.75, 3.05) is 0 Å². The fourth-order valence-electron chi connectivity index (χ4n) is 7.87. The van der Waals surface area contributed by atoms with E-state index in [0.29, 0.717) is 27.8 Å². The van der Waals surface area contributed by atoms with Crippen molar-refractivity contribution in [3.05, 3.63) is 182 Å². The molecule has 0 fully saturated rings. The Balaban J connectivity index is 1.22. The van der Waals surface area contributed by atoms with Crippen LogP contribution in [-0.2, 0) is 0 Å². The number of furan rings is 2. The van der Waals surface area contributed by atoms with E-state index in [4.69, 9.17) is 14.3 Å². The van der Waals surface area contributed by atoms with Gasteiger partial charge < -0.3 is 8.83 Å². The minimum atomic E-state index is -0.442. The first-order valence-electron chi connectivity index (χ1n) is 21.1. The van der Waals surface area contributed by atoms with Crippen molar-refractivity contribution in [3.8, 4) is 44.5 Å². The Morgan fingerprint density at radius 3 is 1.60 bits per heavy atom. The van der Waals surface area contributed by atoms with Crippen LogP contribution in [0.2, 0.25) is 0 Å². The highest BCUT2D eigenvalue weighted by molar-refractivity contribution is 6.26. The minimum Gasteiger partial charge on any atom is -0.456 e. The predicted octanol–water partition coefficient (Wildman–Crippen LogP) is 14.5. The van der Waals surface area contributed by atoms with E-state index in [0.717, 1.165) is 60.5 Å². The molecule has 0 N–H and O–H groups in total. The Labute approximate surface area is 311 Å². The zero-order valence-electron chi connectivity index (χ0n) is 35.5. The van der Waals surface area contributed by atoms with Gasteiger partial charge in [-0.1, -0.05) is 145 Å². The van der Waals surface area contributed by atoms with Crippen LogP contribution in [0.25, 0.3) is 110 Å². The molecule has 11 rings (SSSR count). The van der Waals surface area contributed by atoms with Gasteiger partial charge in [-0.25, -0.2) is 0 Å². The van der Waals surface area contributed by atoms with Crippen molar-refractivity contribution in [1.82, 2.24) is 0 Å². The molecule has 0 radical (unpaired) electrons. The number of benzene rings is 9. The molecule has 2 nitrogen and oxygen atoms in total. The predicted molar refractivity (Wildman–Crippen MR) is 218 cm³/mol. The van der Waals surface area contributed by atoms with E-state index in [1.807, 2.05) is 133 Å². The van der Waals surface area contributed by atoms with Gasteiger partial charge >= 0.3 is 0 Å². The molecule has 0 unspecified atom stereocenters. The van der Waals surface area contributed by atoms with Gasteiger partial charge in [0.05, 0.1) is 11.0 Å². The molecule has 0 amide bonds. The van der Waals surface area contributed by atoms with Crippen LogP contribution >= 0.6 is 0 Å². The lowest BCUT2D eigenvalue weighted by atomic mass is 9.83. The lowest BCUT2D eigenvalue weighted by Gasteiger charge is -2.20. The van der Waals surface area contributed by atoms with Crippen molar-refractivity contribution < 1.29 is 19.8 Å². The number of para-hydroxylation sites is 1. The Bertz CT molecular complexity index is 3560. The second-order valence-electron chi connectivity index (χ2n) is 13.0. The van der Waals surface area contributed by atoms with Crippen LogP contribution in [0, 0.1) is 0 Å². The van der Waals surface area contributed by atoms with Gasteiger partial charge in [0, 0.05) is 21.5 Å². The van der Waals surface area contributed by atoms with Crippen molar-refractivity contribution in [3.63, 3.8) is 0 Å². The highest BCUT2D eigenvalue weighted by Crippen LogP contribution is 2.47. The lowest BCUT2D eigenvalue weighted by Crippen LogP contribution is -1.92. The molecule has 2 heteroatoms. The zero-order valence-corrected chi connectivity index (χ0v) is 27.5. The SMILES string of the molecule is [2H]c1c([2H])c([2H])c2c(-c3ccccc3-c3ccccc3)c3c([2H])c([2H])c([2H])c([2H])c3c(-c3cccc(-c4ccc5c(c4)oc4ccc6oc7ccccc7c6c45)c3)c2c1[2H]. The molecule has 9 aromatic carbocycles. The summed E-state index contributed by atoms with van der Waals surface area (Å²) in [4.78, 5) is 0. The number of hydrogen-bond acceptors (Lipinski definition) is 2. The highest BCUT2D eigenvalue weighted by atomic mass is 16.3. The molecule has 0 bridgehead atoms. The molecule has 11 aromatic rings. The fourth-order valence-corrected chi connectivity index (χ4v) is 7.87. The van der Waals surface area contributed by atoms with Gasteiger partial charge in [0.2, 0.25) is 0 Å². The van der Waals surface area contributed by atoms with Crippen LogP contribution in [0.3, 0.4) is 0 Å². The summed E-state index contributed by atoms with van der Waals surface area (Å²) in [5, 5.41) is 4.55. The fraction of sp³-hybridized carbons (Fsp3) is 0. The number of hydrogen-bond donors (Lipinski definition) is 0. The second-order valence-corrected chi connectivity index (χ2v) is 13.0. The summed E-state index contributed by atoms with van der Waals surface area (Å²) in [7, 11) is 0. The normalized spacial score (nSPS) is 14.0. The molecule has 52 heavy (non-hydrogen) atoms. The summed E-state index contributed by atoms with van der Waals surface area (Å²) >= 11 is 0. The van der Waals surface area contributed by atoms with E-state index in [1.165, 1.54) is 0 Å². The third kappa shape index (κ3) is 4.31. The zero-order chi connectivity index (χ0) is 41.1. The van der Waals surface area contributed by atoms with Gasteiger partial charge in [-0.3, -0.25) is 0 Å². The molecule has 0 atom stereocenters. The Hall–Kier alpha value is -6.90. The topological polar surface area (TPSA) is 26.3 Å². The van der Waals surface area contributed by atoms with Crippen LogP contribution in [-0.4, -0.2) is 0 Å². The van der Waals surface area contributed by atoms with Crippen molar-refractivity contribution >= 4 is 65.4 Å². The smallest absolute Gasteiger partial charge is 0.136 e. The van der Waals surface area contributed by atoms with Crippen LogP contribution in [0.1, 0.15) is 11.0 Å². The maximum atomic E-state index is 9.44. The highest BCUT2D eigenvalue weighted by Gasteiger charge is 2.20. The second kappa shape index (κ2) is 11.3. The first-order valence-corrected chi connectivity index (χ1v) is 17.1.